The first-order chi connectivity index (χ1) is 12.8. The summed E-state index contributed by atoms with van der Waals surface area (Å²) >= 11 is 3.34. The van der Waals surface area contributed by atoms with Gasteiger partial charge in [-0.3, -0.25) is 9.52 Å². The number of nitrogens with one attached hydrogen (secondary N) is 2. The number of aryl methyl sites for hydroxylation is 1. The molecule has 27 heavy (non-hydrogen) atoms. The van der Waals surface area contributed by atoms with Gasteiger partial charge in [-0.25, -0.2) is 8.42 Å². The zero-order valence-corrected chi connectivity index (χ0v) is 16.8. The molecular weight excluding hydrogens is 428 g/mol. The topological polar surface area (TPSA) is 75.3 Å². The molecule has 0 fully saturated rings. The zero-order valence-electron chi connectivity index (χ0n) is 14.4. The van der Waals surface area contributed by atoms with E-state index in [9.17, 15) is 13.2 Å². The van der Waals surface area contributed by atoms with Crippen molar-refractivity contribution in [3.8, 4) is 0 Å². The van der Waals surface area contributed by atoms with Crippen LogP contribution in [0.4, 0.5) is 11.4 Å². The Balaban J connectivity index is 1.75. The van der Waals surface area contributed by atoms with Crippen LogP contribution < -0.4 is 10.0 Å². The van der Waals surface area contributed by atoms with Crippen molar-refractivity contribution in [2.75, 3.05) is 10.0 Å². The Hall–Kier alpha value is -2.64. The van der Waals surface area contributed by atoms with E-state index in [0.29, 0.717) is 16.9 Å². The fraction of sp³-hybridized carbons (Fsp3) is 0.0500. The highest BCUT2D eigenvalue weighted by molar-refractivity contribution is 9.10. The molecule has 3 aromatic carbocycles. The maximum atomic E-state index is 12.5. The van der Waals surface area contributed by atoms with Crippen LogP contribution in [0.3, 0.4) is 0 Å². The van der Waals surface area contributed by atoms with Gasteiger partial charge in [-0.15, -0.1) is 0 Å². The zero-order chi connectivity index (χ0) is 19.4. The minimum Gasteiger partial charge on any atom is -0.322 e. The van der Waals surface area contributed by atoms with Crippen molar-refractivity contribution >= 4 is 43.2 Å². The van der Waals surface area contributed by atoms with Gasteiger partial charge in [0.25, 0.3) is 15.9 Å². The van der Waals surface area contributed by atoms with Crippen molar-refractivity contribution < 1.29 is 13.2 Å². The molecule has 0 aliphatic rings. The molecule has 5 nitrogen and oxygen atoms in total. The summed E-state index contributed by atoms with van der Waals surface area (Å²) < 4.78 is 28.6. The van der Waals surface area contributed by atoms with E-state index >= 15 is 0 Å². The molecule has 0 heterocycles. The summed E-state index contributed by atoms with van der Waals surface area (Å²) in [5, 5.41) is 2.77. The first-order valence-electron chi connectivity index (χ1n) is 8.10. The average Bonchev–Trinajstić information content (AvgIpc) is 2.65. The Labute approximate surface area is 166 Å². The van der Waals surface area contributed by atoms with Crippen LogP contribution in [0.2, 0.25) is 0 Å². The van der Waals surface area contributed by atoms with Gasteiger partial charge in [0, 0.05) is 15.7 Å². The molecule has 2 N–H and O–H groups in total. The van der Waals surface area contributed by atoms with E-state index in [1.807, 2.05) is 31.2 Å². The van der Waals surface area contributed by atoms with Crippen LogP contribution in [0.1, 0.15) is 15.9 Å². The van der Waals surface area contributed by atoms with Crippen molar-refractivity contribution in [2.24, 2.45) is 0 Å². The van der Waals surface area contributed by atoms with E-state index in [1.165, 1.54) is 24.3 Å². The third-order valence-electron chi connectivity index (χ3n) is 3.92. The maximum Gasteiger partial charge on any atom is 0.261 e. The Morgan fingerprint density at radius 1 is 0.889 bits per heavy atom. The smallest absolute Gasteiger partial charge is 0.261 e. The third kappa shape index (κ3) is 4.75. The summed E-state index contributed by atoms with van der Waals surface area (Å²) in [5.41, 5.74) is 2.37. The van der Waals surface area contributed by atoms with Crippen molar-refractivity contribution in [1.29, 1.82) is 0 Å². The van der Waals surface area contributed by atoms with E-state index in [-0.39, 0.29) is 10.8 Å². The minimum absolute atomic E-state index is 0.0888. The van der Waals surface area contributed by atoms with Gasteiger partial charge in [-0.2, -0.15) is 0 Å². The molecule has 0 bridgehead atoms. The standard InChI is InChI=1S/C20H17BrN2O3S/c1-14-4-2-3-5-19(14)23-27(25,26)18-12-6-15(7-13-18)20(24)22-17-10-8-16(21)9-11-17/h2-13,23H,1H3,(H,22,24). The summed E-state index contributed by atoms with van der Waals surface area (Å²) in [5.74, 6) is -0.312. The van der Waals surface area contributed by atoms with Gasteiger partial charge in [0.2, 0.25) is 0 Å². The monoisotopic (exact) mass is 444 g/mol. The van der Waals surface area contributed by atoms with Gasteiger partial charge in [-0.1, -0.05) is 34.1 Å². The molecule has 0 saturated carbocycles. The van der Waals surface area contributed by atoms with Crippen LogP contribution in [0, 0.1) is 6.92 Å². The lowest BCUT2D eigenvalue weighted by Crippen LogP contribution is -2.15. The largest absolute Gasteiger partial charge is 0.322 e. The quantitative estimate of drug-likeness (QED) is 0.592. The molecular formula is C20H17BrN2O3S. The fourth-order valence-electron chi connectivity index (χ4n) is 2.41. The van der Waals surface area contributed by atoms with E-state index in [4.69, 9.17) is 0 Å². The second-order valence-corrected chi connectivity index (χ2v) is 8.50. The Morgan fingerprint density at radius 3 is 2.15 bits per heavy atom. The van der Waals surface area contributed by atoms with Crippen LogP contribution in [0.5, 0.6) is 0 Å². The normalized spacial score (nSPS) is 11.0. The molecule has 0 aliphatic heterocycles. The van der Waals surface area contributed by atoms with Crippen LogP contribution in [0.15, 0.2) is 82.2 Å². The lowest BCUT2D eigenvalue weighted by atomic mass is 10.2. The van der Waals surface area contributed by atoms with Gasteiger partial charge in [0.05, 0.1) is 10.6 Å². The molecule has 1 amide bonds. The predicted octanol–water partition coefficient (Wildman–Crippen LogP) is 4.81. The van der Waals surface area contributed by atoms with Gasteiger partial charge >= 0.3 is 0 Å². The van der Waals surface area contributed by atoms with Gasteiger partial charge < -0.3 is 5.32 Å². The minimum atomic E-state index is -3.73. The highest BCUT2D eigenvalue weighted by Crippen LogP contribution is 2.20. The number of hydrogen-bond acceptors (Lipinski definition) is 3. The van der Waals surface area contributed by atoms with Crippen LogP contribution in [-0.2, 0) is 10.0 Å². The Bertz CT molecular complexity index is 1060. The third-order valence-corrected chi connectivity index (χ3v) is 5.83. The highest BCUT2D eigenvalue weighted by Gasteiger charge is 2.16. The number of para-hydroxylation sites is 1. The first-order valence-corrected chi connectivity index (χ1v) is 10.4. The number of amides is 1. The van der Waals surface area contributed by atoms with Crippen LogP contribution in [-0.4, -0.2) is 14.3 Å². The number of carbonyl (C=O) groups is 1. The highest BCUT2D eigenvalue weighted by atomic mass is 79.9. The predicted molar refractivity (Wildman–Crippen MR) is 111 cm³/mol. The van der Waals surface area contributed by atoms with Gasteiger partial charge in [0.15, 0.2) is 0 Å². The second kappa shape index (κ2) is 7.94. The molecule has 0 spiro atoms. The number of benzene rings is 3. The molecule has 3 rings (SSSR count). The number of rotatable bonds is 5. The molecule has 0 aromatic heterocycles. The van der Waals surface area contributed by atoms with E-state index in [1.54, 1.807) is 24.3 Å². The number of carbonyl (C=O) groups excluding carboxylic acids is 1. The SMILES string of the molecule is Cc1ccccc1NS(=O)(=O)c1ccc(C(=O)Nc2ccc(Br)cc2)cc1. The summed E-state index contributed by atoms with van der Waals surface area (Å²) in [6.45, 7) is 1.83. The molecule has 0 radical (unpaired) electrons. The maximum absolute atomic E-state index is 12.5. The van der Waals surface area contributed by atoms with Crippen molar-refractivity contribution in [3.05, 3.63) is 88.4 Å². The van der Waals surface area contributed by atoms with Crippen molar-refractivity contribution in [3.63, 3.8) is 0 Å². The van der Waals surface area contributed by atoms with Gasteiger partial charge in [-0.05, 0) is 67.1 Å². The van der Waals surface area contributed by atoms with Crippen LogP contribution >= 0.6 is 15.9 Å². The number of hydrogen-bond donors (Lipinski definition) is 2. The van der Waals surface area contributed by atoms with Gasteiger partial charge in [0.1, 0.15) is 0 Å². The molecule has 7 heteroatoms. The average molecular weight is 445 g/mol. The summed E-state index contributed by atoms with van der Waals surface area (Å²) in [6.07, 6.45) is 0. The number of sulfonamides is 1. The lowest BCUT2D eigenvalue weighted by molar-refractivity contribution is 0.102. The lowest BCUT2D eigenvalue weighted by Gasteiger charge is -2.11. The summed E-state index contributed by atoms with van der Waals surface area (Å²) in [7, 11) is -3.73. The summed E-state index contributed by atoms with van der Waals surface area (Å²) in [6, 6.07) is 20.1. The van der Waals surface area contributed by atoms with E-state index in [0.717, 1.165) is 10.0 Å². The van der Waals surface area contributed by atoms with E-state index < -0.39 is 10.0 Å². The molecule has 0 unspecified atom stereocenters. The molecule has 0 atom stereocenters. The Morgan fingerprint density at radius 2 is 1.52 bits per heavy atom. The molecule has 0 saturated heterocycles. The Kier molecular flexibility index (Phi) is 5.62. The molecule has 138 valence electrons. The first kappa shape index (κ1) is 19.1. The fourth-order valence-corrected chi connectivity index (χ4v) is 3.81. The summed E-state index contributed by atoms with van der Waals surface area (Å²) in [4.78, 5) is 12.4. The second-order valence-electron chi connectivity index (χ2n) is 5.91. The molecule has 3 aromatic rings. The van der Waals surface area contributed by atoms with E-state index in [2.05, 4.69) is 26.0 Å². The number of anilines is 2. The molecule has 0 aliphatic carbocycles. The van der Waals surface area contributed by atoms with Crippen molar-refractivity contribution in [1.82, 2.24) is 0 Å². The number of halogens is 1. The van der Waals surface area contributed by atoms with Crippen molar-refractivity contribution in [2.45, 2.75) is 11.8 Å². The van der Waals surface area contributed by atoms with Crippen LogP contribution in [0.25, 0.3) is 0 Å².